The molecule has 18 heavy (non-hydrogen) atoms. The quantitative estimate of drug-likeness (QED) is 0.756. The van der Waals surface area contributed by atoms with Crippen LogP contribution in [0.5, 0.6) is 0 Å². The van der Waals surface area contributed by atoms with E-state index in [0.717, 1.165) is 5.56 Å². The molecule has 2 unspecified atom stereocenters. The van der Waals surface area contributed by atoms with Crippen molar-refractivity contribution in [3.8, 4) is 0 Å². The lowest BCUT2D eigenvalue weighted by Crippen LogP contribution is -2.46. The number of rotatable bonds is 1. The maximum atomic E-state index is 13.0. The van der Waals surface area contributed by atoms with E-state index in [4.69, 9.17) is 0 Å². The van der Waals surface area contributed by atoms with Gasteiger partial charge in [-0.25, -0.2) is 4.39 Å². The summed E-state index contributed by atoms with van der Waals surface area (Å²) >= 11 is 0. The summed E-state index contributed by atoms with van der Waals surface area (Å²) in [6, 6.07) is 2.42. The molecule has 1 heterocycles. The molecule has 1 saturated heterocycles. The Hall–Kier alpha value is -1.10. The van der Waals surface area contributed by atoms with E-state index in [1.165, 1.54) is 12.1 Å². The average molecular weight is 261 g/mol. The van der Waals surface area contributed by atoms with E-state index >= 15 is 0 Å². The van der Waals surface area contributed by atoms with Crippen molar-refractivity contribution in [2.24, 2.45) is 0 Å². The normalized spacial score (nSPS) is 25.2. The number of benzene rings is 1. The number of alkyl halides is 3. The maximum Gasteiger partial charge on any atom is 0.403 e. The summed E-state index contributed by atoms with van der Waals surface area (Å²) in [7, 11) is 0. The third-order valence-electron chi connectivity index (χ3n) is 3.39. The zero-order valence-corrected chi connectivity index (χ0v) is 10.0. The molecule has 1 nitrogen and oxygen atoms in total. The predicted octanol–water partition coefficient (Wildman–Crippen LogP) is 3.88. The molecule has 0 aromatic heterocycles. The van der Waals surface area contributed by atoms with Crippen molar-refractivity contribution in [1.82, 2.24) is 5.32 Å². The summed E-state index contributed by atoms with van der Waals surface area (Å²) in [6.07, 6.45) is -2.93. The Balaban J connectivity index is 2.18. The molecule has 1 aromatic rings. The summed E-state index contributed by atoms with van der Waals surface area (Å²) in [5, 5.41) is 2.62. The highest BCUT2D eigenvalue weighted by Gasteiger charge is 2.42. The average Bonchev–Trinajstić information content (AvgIpc) is 2.28. The van der Waals surface area contributed by atoms with Crippen LogP contribution in [-0.2, 0) is 0 Å². The molecule has 5 heteroatoms. The van der Waals surface area contributed by atoms with Crippen molar-refractivity contribution in [1.29, 1.82) is 0 Å². The first-order valence-electron chi connectivity index (χ1n) is 5.97. The fourth-order valence-electron chi connectivity index (χ4n) is 2.47. The van der Waals surface area contributed by atoms with Crippen LogP contribution in [0.1, 0.15) is 36.4 Å². The maximum absolute atomic E-state index is 13.0. The molecule has 0 aliphatic carbocycles. The van der Waals surface area contributed by atoms with Gasteiger partial charge in [0, 0.05) is 6.04 Å². The number of hydrogen-bond donors (Lipinski definition) is 1. The van der Waals surface area contributed by atoms with Gasteiger partial charge in [0.1, 0.15) is 11.9 Å². The lowest BCUT2D eigenvalue weighted by atomic mass is 9.91. The second-order valence-electron chi connectivity index (χ2n) is 4.75. The van der Waals surface area contributed by atoms with Crippen molar-refractivity contribution in [3.63, 3.8) is 0 Å². The fraction of sp³-hybridized carbons (Fsp3) is 0.538. The first-order valence-corrected chi connectivity index (χ1v) is 5.97. The van der Waals surface area contributed by atoms with Crippen molar-refractivity contribution in [2.45, 2.75) is 44.4 Å². The molecule has 2 rings (SSSR count). The Bertz CT molecular complexity index is 427. The summed E-state index contributed by atoms with van der Waals surface area (Å²) in [5.74, 6) is -0.362. The molecular weight excluding hydrogens is 246 g/mol. The van der Waals surface area contributed by atoms with Gasteiger partial charge < -0.3 is 0 Å². The number of aryl methyl sites for hydroxylation is 1. The molecule has 0 radical (unpaired) electrons. The zero-order chi connectivity index (χ0) is 13.3. The van der Waals surface area contributed by atoms with E-state index < -0.39 is 12.2 Å². The standard InChI is InChI=1S/C13H15F4N/c1-8-7-9(14)5-6-10(8)11-3-2-4-12(18-11)13(15,16)17/h5-7,11-12,18H,2-4H2,1H3. The molecule has 0 bridgehead atoms. The lowest BCUT2D eigenvalue weighted by Gasteiger charge is -2.33. The molecule has 1 aromatic carbocycles. The lowest BCUT2D eigenvalue weighted by molar-refractivity contribution is -0.163. The Kier molecular flexibility index (Phi) is 3.61. The van der Waals surface area contributed by atoms with Gasteiger partial charge in [0.05, 0.1) is 0 Å². The molecule has 0 spiro atoms. The van der Waals surface area contributed by atoms with Crippen LogP contribution < -0.4 is 5.32 Å². The van der Waals surface area contributed by atoms with Crippen molar-refractivity contribution >= 4 is 0 Å². The number of nitrogens with one attached hydrogen (secondary N) is 1. The van der Waals surface area contributed by atoms with Crippen LogP contribution in [0.3, 0.4) is 0 Å². The molecular formula is C13H15F4N. The molecule has 1 aliphatic rings. The Morgan fingerprint density at radius 2 is 1.94 bits per heavy atom. The van der Waals surface area contributed by atoms with E-state index in [9.17, 15) is 17.6 Å². The highest BCUT2D eigenvalue weighted by Crippen LogP contribution is 2.34. The van der Waals surface area contributed by atoms with Crippen molar-refractivity contribution in [3.05, 3.63) is 35.1 Å². The highest BCUT2D eigenvalue weighted by atomic mass is 19.4. The molecule has 1 aliphatic heterocycles. The summed E-state index contributed by atoms with van der Waals surface area (Å²) in [6.45, 7) is 1.72. The van der Waals surface area contributed by atoms with Crippen LogP contribution in [0.2, 0.25) is 0 Å². The van der Waals surface area contributed by atoms with E-state index in [2.05, 4.69) is 5.32 Å². The zero-order valence-electron chi connectivity index (χ0n) is 10.0. The third kappa shape index (κ3) is 2.83. The fourth-order valence-corrected chi connectivity index (χ4v) is 2.47. The molecule has 1 fully saturated rings. The topological polar surface area (TPSA) is 12.0 Å². The van der Waals surface area contributed by atoms with Crippen LogP contribution in [0, 0.1) is 12.7 Å². The molecule has 0 amide bonds. The van der Waals surface area contributed by atoms with Crippen LogP contribution in [0.15, 0.2) is 18.2 Å². The van der Waals surface area contributed by atoms with E-state index in [-0.39, 0.29) is 18.3 Å². The van der Waals surface area contributed by atoms with Crippen LogP contribution in [0.4, 0.5) is 17.6 Å². The number of halogens is 4. The van der Waals surface area contributed by atoms with Gasteiger partial charge >= 0.3 is 6.18 Å². The highest BCUT2D eigenvalue weighted by molar-refractivity contribution is 5.30. The van der Waals surface area contributed by atoms with Gasteiger partial charge in [-0.05, 0) is 49.4 Å². The number of piperidine rings is 1. The van der Waals surface area contributed by atoms with Crippen LogP contribution in [0.25, 0.3) is 0 Å². The van der Waals surface area contributed by atoms with Crippen molar-refractivity contribution < 1.29 is 17.6 Å². The largest absolute Gasteiger partial charge is 0.403 e. The van der Waals surface area contributed by atoms with Gasteiger partial charge in [-0.3, -0.25) is 5.32 Å². The summed E-state index contributed by atoms with van der Waals surface area (Å²) in [5.41, 5.74) is 1.45. The predicted molar refractivity (Wildman–Crippen MR) is 60.7 cm³/mol. The summed E-state index contributed by atoms with van der Waals surface area (Å²) < 4.78 is 51.0. The molecule has 1 N–H and O–H groups in total. The number of hydrogen-bond acceptors (Lipinski definition) is 1. The van der Waals surface area contributed by atoms with Crippen molar-refractivity contribution in [2.75, 3.05) is 0 Å². The molecule has 0 saturated carbocycles. The van der Waals surface area contributed by atoms with E-state index in [0.29, 0.717) is 18.4 Å². The third-order valence-corrected chi connectivity index (χ3v) is 3.39. The van der Waals surface area contributed by atoms with Crippen LogP contribution in [-0.4, -0.2) is 12.2 Å². The second-order valence-corrected chi connectivity index (χ2v) is 4.75. The second kappa shape index (κ2) is 4.88. The minimum atomic E-state index is -4.22. The van der Waals surface area contributed by atoms with E-state index in [1.54, 1.807) is 13.0 Å². The van der Waals surface area contributed by atoms with Gasteiger partial charge in [-0.1, -0.05) is 6.07 Å². The van der Waals surface area contributed by atoms with Gasteiger partial charge in [0.25, 0.3) is 0 Å². The minimum absolute atomic E-state index is 0.111. The Morgan fingerprint density at radius 1 is 1.22 bits per heavy atom. The van der Waals surface area contributed by atoms with Gasteiger partial charge in [-0.2, -0.15) is 13.2 Å². The molecule has 2 atom stereocenters. The molecule has 100 valence electrons. The van der Waals surface area contributed by atoms with E-state index in [1.807, 2.05) is 0 Å². The summed E-state index contributed by atoms with van der Waals surface area (Å²) in [4.78, 5) is 0. The van der Waals surface area contributed by atoms with Gasteiger partial charge in [-0.15, -0.1) is 0 Å². The Labute approximate surface area is 103 Å². The van der Waals surface area contributed by atoms with Gasteiger partial charge in [0.2, 0.25) is 0 Å². The van der Waals surface area contributed by atoms with Gasteiger partial charge in [0.15, 0.2) is 0 Å². The first-order chi connectivity index (χ1) is 8.38. The smallest absolute Gasteiger partial charge is 0.299 e. The SMILES string of the molecule is Cc1cc(F)ccc1C1CCCC(C(F)(F)F)N1. The Morgan fingerprint density at radius 3 is 2.56 bits per heavy atom. The first kappa shape index (κ1) is 13.3. The van der Waals surface area contributed by atoms with Crippen LogP contribution >= 0.6 is 0 Å². The minimum Gasteiger partial charge on any atom is -0.299 e. The monoisotopic (exact) mass is 261 g/mol.